The van der Waals surface area contributed by atoms with Crippen LogP contribution in [-0.4, -0.2) is 17.6 Å². The third-order valence-electron chi connectivity index (χ3n) is 10.1. The lowest BCUT2D eigenvalue weighted by Crippen LogP contribution is -2.63. The van der Waals surface area contributed by atoms with Crippen LogP contribution in [0.4, 0.5) is 0 Å². The Labute approximate surface area is 262 Å². The van der Waals surface area contributed by atoms with Crippen LogP contribution in [0.3, 0.4) is 0 Å². The second-order valence-corrected chi connectivity index (χ2v) is 16.5. The molecule has 4 aliphatic carbocycles. The maximum atomic E-state index is 5.53. The highest BCUT2D eigenvalue weighted by atomic mass is 28.3. The van der Waals surface area contributed by atoms with E-state index in [0.29, 0.717) is 0 Å². The third-order valence-corrected chi connectivity index (χ3v) is 15.0. The van der Waals surface area contributed by atoms with E-state index in [1.807, 2.05) is 0 Å². The second kappa shape index (κ2) is 11.7. The molecule has 2 heterocycles. The van der Waals surface area contributed by atoms with Gasteiger partial charge in [0.2, 0.25) is 0 Å². The molecule has 0 fully saturated rings. The summed E-state index contributed by atoms with van der Waals surface area (Å²) in [6.07, 6.45) is 35.3. The summed E-state index contributed by atoms with van der Waals surface area (Å²) in [6.45, 7) is 0. The molecule has 0 bridgehead atoms. The molecule has 0 spiro atoms. The average molecular weight is 589 g/mol. The fourth-order valence-electron chi connectivity index (χ4n) is 8.03. The third kappa shape index (κ3) is 4.57. The zero-order valence-corrected chi connectivity index (χ0v) is 26.5. The van der Waals surface area contributed by atoms with Crippen LogP contribution < -0.4 is 10.5 Å². The van der Waals surface area contributed by atoms with Gasteiger partial charge >= 0.3 is 0 Å². The van der Waals surface area contributed by atoms with Crippen molar-refractivity contribution in [2.24, 2.45) is 0 Å². The number of rotatable bonds is 6. The summed E-state index contributed by atoms with van der Waals surface area (Å²) < 4.78 is 2.58. The highest BCUT2D eigenvalue weighted by molar-refractivity contribution is 7.12. The van der Waals surface area contributed by atoms with Crippen LogP contribution in [0.5, 0.6) is 0 Å². The van der Waals surface area contributed by atoms with Crippen LogP contribution in [0.15, 0.2) is 126 Å². The smallest absolute Gasteiger partial charge is 0.197 e. The van der Waals surface area contributed by atoms with Gasteiger partial charge < -0.3 is 4.57 Å². The first-order valence-electron chi connectivity index (χ1n) is 16.6. The number of nitrogens with zero attached hydrogens (tertiary/aromatic N) is 2. The number of benzene rings is 2. The molecule has 2 aromatic heterocycles. The minimum Gasteiger partial charge on any atom is -0.313 e. The van der Waals surface area contributed by atoms with Crippen molar-refractivity contribution in [3.63, 3.8) is 0 Å². The molecule has 1 unspecified atom stereocenters. The Morgan fingerprint density at radius 2 is 1.55 bits per heavy atom. The molecule has 0 aliphatic heterocycles. The fraction of sp³-hybridized carbons (Fsp3) is 0.244. The van der Waals surface area contributed by atoms with E-state index >= 15 is 0 Å². The predicted octanol–water partition coefficient (Wildman–Crippen LogP) is 9.27. The second-order valence-electron chi connectivity index (χ2n) is 12.7. The van der Waals surface area contributed by atoms with Crippen LogP contribution >= 0.6 is 0 Å². The summed E-state index contributed by atoms with van der Waals surface area (Å²) in [4.78, 5) is 5.53. The van der Waals surface area contributed by atoms with Gasteiger partial charge in [0.15, 0.2) is 8.07 Å². The maximum absolute atomic E-state index is 5.53. The highest BCUT2D eigenvalue weighted by Crippen LogP contribution is 2.38. The van der Waals surface area contributed by atoms with Crippen LogP contribution in [0.1, 0.15) is 69.0 Å². The van der Waals surface area contributed by atoms with Gasteiger partial charge in [0.1, 0.15) is 0 Å². The molecule has 2 nitrogen and oxygen atoms in total. The van der Waals surface area contributed by atoms with E-state index in [1.54, 1.807) is 5.20 Å². The van der Waals surface area contributed by atoms with Gasteiger partial charge in [0.05, 0.1) is 5.52 Å². The molecular formula is C41H40N2Si. The first kappa shape index (κ1) is 27.3. The molecule has 0 radical (unpaired) electrons. The number of allylic oxidation sites excluding steroid dienone is 11. The van der Waals surface area contributed by atoms with Crippen molar-refractivity contribution in [2.75, 3.05) is 0 Å². The van der Waals surface area contributed by atoms with Crippen LogP contribution in [0, 0.1) is 0 Å². The Kier molecular flexibility index (Phi) is 7.27. The molecule has 44 heavy (non-hydrogen) atoms. The highest BCUT2D eigenvalue weighted by Gasteiger charge is 2.46. The van der Waals surface area contributed by atoms with Crippen molar-refractivity contribution in [1.82, 2.24) is 9.55 Å². The molecule has 0 N–H and O–H groups in total. The number of pyridine rings is 1. The molecule has 0 saturated carbocycles. The largest absolute Gasteiger partial charge is 0.313 e. The van der Waals surface area contributed by atoms with E-state index < -0.39 is 8.07 Å². The van der Waals surface area contributed by atoms with E-state index in [4.69, 9.17) is 4.98 Å². The van der Waals surface area contributed by atoms with E-state index in [1.165, 1.54) is 73.9 Å². The standard InChI is InChI=1S/C41H40N2Si/c1-5-15-31(16-6-1)32-25-27-36(28-26-32)44(34-19-9-3-10-20-34,35-21-11-4-12-22-35)41-29-40-38(30-42-41)37-23-13-14-24-39(37)43(40)33-17-7-2-8-18-33/h1-2,5-7,9,14-17,19-21,24-30H,3-4,8,10-13,18,22-23H2. The van der Waals surface area contributed by atoms with Gasteiger partial charge in [-0.2, -0.15) is 0 Å². The molecule has 4 aromatic rings. The molecule has 218 valence electrons. The van der Waals surface area contributed by atoms with E-state index in [-0.39, 0.29) is 0 Å². The summed E-state index contributed by atoms with van der Waals surface area (Å²) in [5, 5.41) is 7.23. The molecule has 4 aliphatic rings. The summed E-state index contributed by atoms with van der Waals surface area (Å²) in [5.41, 5.74) is 8.10. The Balaban J connectivity index is 1.40. The zero-order chi connectivity index (χ0) is 29.3. The summed E-state index contributed by atoms with van der Waals surface area (Å²) in [7, 11) is -2.61. The Hall–Kier alpha value is -4.21. The van der Waals surface area contributed by atoms with Gasteiger partial charge in [-0.05, 0) is 110 Å². The number of hydrogen-bond acceptors (Lipinski definition) is 1. The minimum absolute atomic E-state index is 1.07. The molecule has 3 heteroatoms. The lowest BCUT2D eigenvalue weighted by molar-refractivity contribution is 0.718. The van der Waals surface area contributed by atoms with Crippen molar-refractivity contribution in [2.45, 2.75) is 64.2 Å². The zero-order valence-electron chi connectivity index (χ0n) is 25.5. The first-order chi connectivity index (χ1) is 21.8. The van der Waals surface area contributed by atoms with Gasteiger partial charge in [0.25, 0.3) is 0 Å². The van der Waals surface area contributed by atoms with Crippen LogP contribution in [0.25, 0.3) is 33.8 Å². The molecule has 0 amide bonds. The number of fused-ring (bicyclic) bond motifs is 3. The quantitative estimate of drug-likeness (QED) is 0.205. The summed E-state index contributed by atoms with van der Waals surface area (Å²) >= 11 is 0. The molecule has 0 saturated heterocycles. The SMILES string of the molecule is C1=CCCC(n2c3c(c4cnc([Si](C5=CCCC=C5)(C5=CCCCC5)c5ccc(-c6ccccc6)cc5)cc42)CCC=C3)=C1. The van der Waals surface area contributed by atoms with Gasteiger partial charge in [-0.1, -0.05) is 102 Å². The van der Waals surface area contributed by atoms with E-state index in [2.05, 4.69) is 126 Å². The van der Waals surface area contributed by atoms with Crippen molar-refractivity contribution in [3.05, 3.63) is 137 Å². The van der Waals surface area contributed by atoms with Gasteiger partial charge in [-0.25, -0.2) is 0 Å². The van der Waals surface area contributed by atoms with Crippen molar-refractivity contribution >= 4 is 41.3 Å². The van der Waals surface area contributed by atoms with Crippen LogP contribution in [0.2, 0.25) is 0 Å². The molecule has 8 rings (SSSR count). The summed E-state index contributed by atoms with van der Waals surface area (Å²) in [6, 6.07) is 22.9. The molecule has 2 aromatic carbocycles. The molecule has 1 atom stereocenters. The lowest BCUT2D eigenvalue weighted by atomic mass is 10.0. The molecular weight excluding hydrogens is 549 g/mol. The first-order valence-corrected chi connectivity index (χ1v) is 18.6. The van der Waals surface area contributed by atoms with E-state index in [0.717, 1.165) is 44.9 Å². The van der Waals surface area contributed by atoms with Crippen molar-refractivity contribution in [3.8, 4) is 11.1 Å². The summed E-state index contributed by atoms with van der Waals surface area (Å²) in [5.74, 6) is 0. The van der Waals surface area contributed by atoms with Gasteiger partial charge in [-0.15, -0.1) is 0 Å². The monoisotopic (exact) mass is 588 g/mol. The van der Waals surface area contributed by atoms with Crippen LogP contribution in [-0.2, 0) is 6.42 Å². The topological polar surface area (TPSA) is 17.8 Å². The Morgan fingerprint density at radius 1 is 0.705 bits per heavy atom. The van der Waals surface area contributed by atoms with Crippen molar-refractivity contribution in [1.29, 1.82) is 0 Å². The lowest BCUT2D eigenvalue weighted by Gasteiger charge is -2.38. The minimum atomic E-state index is -2.61. The van der Waals surface area contributed by atoms with Gasteiger partial charge in [0, 0.05) is 28.3 Å². The van der Waals surface area contributed by atoms with Gasteiger partial charge in [-0.3, -0.25) is 4.98 Å². The number of hydrogen-bond donors (Lipinski definition) is 0. The number of aromatic nitrogens is 2. The van der Waals surface area contributed by atoms with Crippen molar-refractivity contribution < 1.29 is 0 Å². The Bertz CT molecular complexity index is 1900. The normalized spacial score (nSPS) is 19.2. The Morgan fingerprint density at radius 3 is 2.32 bits per heavy atom. The fourth-order valence-corrected chi connectivity index (χ4v) is 13.1. The maximum Gasteiger partial charge on any atom is 0.197 e. The average Bonchev–Trinajstić information content (AvgIpc) is 3.44. The number of aryl methyl sites for hydroxylation is 1. The van der Waals surface area contributed by atoms with E-state index in [9.17, 15) is 0 Å². The predicted molar refractivity (Wildman–Crippen MR) is 190 cm³/mol.